The maximum Gasteiger partial charge on any atom is 0.254 e. The predicted molar refractivity (Wildman–Crippen MR) is 93.2 cm³/mol. The molecule has 0 aliphatic rings. The second kappa shape index (κ2) is 8.62. The smallest absolute Gasteiger partial charge is 0.254 e. The second-order valence-corrected chi connectivity index (χ2v) is 5.95. The van der Waals surface area contributed by atoms with Gasteiger partial charge in [-0.3, -0.25) is 9.59 Å². The first-order valence-corrected chi connectivity index (χ1v) is 7.99. The van der Waals surface area contributed by atoms with Crippen LogP contribution < -0.4 is 10.1 Å². The Kier molecular flexibility index (Phi) is 6.52. The van der Waals surface area contributed by atoms with Gasteiger partial charge in [0.1, 0.15) is 17.4 Å². The zero-order chi connectivity index (χ0) is 19.3. The summed E-state index contributed by atoms with van der Waals surface area (Å²) in [5.74, 6) is -2.41. The van der Waals surface area contributed by atoms with E-state index < -0.39 is 23.4 Å². The lowest BCUT2D eigenvalue weighted by molar-refractivity contribution is -0.129. The summed E-state index contributed by atoms with van der Waals surface area (Å²) < 4.78 is 31.7. The van der Waals surface area contributed by atoms with Gasteiger partial charge >= 0.3 is 0 Å². The van der Waals surface area contributed by atoms with Crippen molar-refractivity contribution in [1.29, 1.82) is 0 Å². The van der Waals surface area contributed by atoms with Crippen LogP contribution in [-0.2, 0) is 11.3 Å². The normalized spacial score (nSPS) is 10.3. The summed E-state index contributed by atoms with van der Waals surface area (Å²) in [6.07, 6.45) is 0. The molecule has 0 fully saturated rings. The van der Waals surface area contributed by atoms with Crippen molar-refractivity contribution in [2.75, 3.05) is 20.7 Å². The third-order valence-electron chi connectivity index (χ3n) is 3.65. The molecule has 0 unspecified atom stereocenters. The quantitative estimate of drug-likeness (QED) is 0.835. The van der Waals surface area contributed by atoms with Crippen LogP contribution in [0.4, 0.5) is 8.78 Å². The monoisotopic (exact) mass is 382 g/mol. The molecule has 2 rings (SSSR count). The van der Waals surface area contributed by atoms with Gasteiger partial charge in [-0.25, -0.2) is 8.78 Å². The number of rotatable bonds is 6. The minimum Gasteiger partial charge on any atom is -0.496 e. The van der Waals surface area contributed by atoms with Gasteiger partial charge in [0.25, 0.3) is 5.91 Å². The van der Waals surface area contributed by atoms with Crippen molar-refractivity contribution in [1.82, 2.24) is 10.2 Å². The Morgan fingerprint density at radius 2 is 1.92 bits per heavy atom. The highest BCUT2D eigenvalue weighted by molar-refractivity contribution is 6.30. The molecule has 8 heteroatoms. The number of carbonyl (C=O) groups excluding carboxylic acids is 2. The molecule has 0 saturated heterocycles. The third kappa shape index (κ3) is 4.92. The number of carbonyl (C=O) groups is 2. The summed E-state index contributed by atoms with van der Waals surface area (Å²) in [4.78, 5) is 25.5. The van der Waals surface area contributed by atoms with Crippen molar-refractivity contribution < 1.29 is 23.1 Å². The second-order valence-electron chi connectivity index (χ2n) is 5.51. The molecule has 2 aromatic carbocycles. The van der Waals surface area contributed by atoms with Crippen LogP contribution in [0.5, 0.6) is 5.75 Å². The van der Waals surface area contributed by atoms with Gasteiger partial charge in [0.05, 0.1) is 19.2 Å². The summed E-state index contributed by atoms with van der Waals surface area (Å²) in [5.41, 5.74) is 0.366. The number of likely N-dealkylation sites (N-methyl/N-ethyl adjacent to an activating group) is 1. The Balaban J connectivity index is 1.97. The van der Waals surface area contributed by atoms with Crippen LogP contribution in [-0.4, -0.2) is 37.4 Å². The van der Waals surface area contributed by atoms with E-state index in [1.165, 1.54) is 12.0 Å². The average molecular weight is 383 g/mol. The molecule has 5 nitrogen and oxygen atoms in total. The molecule has 0 aliphatic heterocycles. The highest BCUT2D eigenvalue weighted by atomic mass is 35.5. The minimum atomic E-state index is -0.994. The maximum atomic E-state index is 13.6. The molecule has 0 aromatic heterocycles. The van der Waals surface area contributed by atoms with Gasteiger partial charge in [0.2, 0.25) is 5.91 Å². The third-order valence-corrected chi connectivity index (χ3v) is 3.89. The number of hydrogen-bond acceptors (Lipinski definition) is 3. The molecule has 2 aromatic rings. The van der Waals surface area contributed by atoms with Crippen LogP contribution in [0.3, 0.4) is 0 Å². The van der Waals surface area contributed by atoms with Crippen molar-refractivity contribution in [3.05, 3.63) is 64.2 Å². The Morgan fingerprint density at radius 3 is 2.58 bits per heavy atom. The Hall–Kier alpha value is -2.67. The summed E-state index contributed by atoms with van der Waals surface area (Å²) in [5, 5.41) is 2.82. The van der Waals surface area contributed by atoms with Crippen molar-refractivity contribution in [2.45, 2.75) is 6.54 Å². The largest absolute Gasteiger partial charge is 0.496 e. The van der Waals surface area contributed by atoms with E-state index in [4.69, 9.17) is 16.3 Å². The zero-order valence-corrected chi connectivity index (χ0v) is 14.9. The fourth-order valence-electron chi connectivity index (χ4n) is 2.27. The lowest BCUT2D eigenvalue weighted by atomic mass is 10.2. The zero-order valence-electron chi connectivity index (χ0n) is 14.2. The molecule has 1 N–H and O–H groups in total. The SMILES string of the molecule is COc1ccc(Cl)cc1CN(C)C(=O)CNC(=O)c1ccc(F)cc1F. The van der Waals surface area contributed by atoms with Gasteiger partial charge in [0.15, 0.2) is 0 Å². The van der Waals surface area contributed by atoms with Crippen molar-refractivity contribution in [3.8, 4) is 5.75 Å². The predicted octanol–water partition coefficient (Wildman–Crippen LogP) is 3.02. The number of amides is 2. The molecule has 2 amide bonds. The van der Waals surface area contributed by atoms with E-state index in [2.05, 4.69) is 5.32 Å². The number of halogens is 3. The van der Waals surface area contributed by atoms with Crippen LogP contribution in [0.15, 0.2) is 36.4 Å². The van der Waals surface area contributed by atoms with E-state index in [1.54, 1.807) is 25.2 Å². The highest BCUT2D eigenvalue weighted by Gasteiger charge is 2.16. The van der Waals surface area contributed by atoms with Gasteiger partial charge in [-0.05, 0) is 30.3 Å². The molecule has 0 atom stereocenters. The lowest BCUT2D eigenvalue weighted by Gasteiger charge is -2.19. The highest BCUT2D eigenvalue weighted by Crippen LogP contribution is 2.23. The van der Waals surface area contributed by atoms with Crippen LogP contribution in [0.2, 0.25) is 5.02 Å². The van der Waals surface area contributed by atoms with Crippen LogP contribution >= 0.6 is 11.6 Å². The fourth-order valence-corrected chi connectivity index (χ4v) is 2.47. The summed E-state index contributed by atoms with van der Waals surface area (Å²) in [6, 6.07) is 7.63. The molecule has 0 spiro atoms. The molecule has 26 heavy (non-hydrogen) atoms. The lowest BCUT2D eigenvalue weighted by Crippen LogP contribution is -2.38. The standard InChI is InChI=1S/C18H17ClF2N2O3/c1-23(10-11-7-12(19)3-6-16(11)26-2)17(24)9-22-18(25)14-5-4-13(20)8-15(14)21/h3-8H,9-10H2,1-2H3,(H,22,25). The summed E-state index contributed by atoms with van der Waals surface area (Å²) in [6.45, 7) is -0.127. The minimum absolute atomic E-state index is 0.212. The van der Waals surface area contributed by atoms with E-state index in [-0.39, 0.29) is 18.7 Å². The van der Waals surface area contributed by atoms with E-state index in [0.29, 0.717) is 22.4 Å². The molecule has 138 valence electrons. The van der Waals surface area contributed by atoms with Gasteiger partial charge < -0.3 is 15.0 Å². The number of methoxy groups -OCH3 is 1. The van der Waals surface area contributed by atoms with Gasteiger partial charge in [-0.1, -0.05) is 11.6 Å². The molecule has 0 bridgehead atoms. The number of benzene rings is 2. The van der Waals surface area contributed by atoms with E-state index in [0.717, 1.165) is 12.1 Å². The van der Waals surface area contributed by atoms with Gasteiger partial charge in [-0.15, -0.1) is 0 Å². The van der Waals surface area contributed by atoms with E-state index in [9.17, 15) is 18.4 Å². The number of nitrogens with zero attached hydrogens (tertiary/aromatic N) is 1. The van der Waals surface area contributed by atoms with Crippen LogP contribution in [0, 0.1) is 11.6 Å². The molecular formula is C18H17ClF2N2O3. The Labute approximate surface area is 154 Å². The molecule has 0 saturated carbocycles. The number of nitrogens with one attached hydrogen (secondary N) is 1. The van der Waals surface area contributed by atoms with Gasteiger partial charge in [0, 0.05) is 30.2 Å². The van der Waals surface area contributed by atoms with Crippen molar-refractivity contribution in [2.24, 2.45) is 0 Å². The average Bonchev–Trinajstić information content (AvgIpc) is 2.59. The Bertz CT molecular complexity index is 830. The topological polar surface area (TPSA) is 58.6 Å². The van der Waals surface area contributed by atoms with Crippen molar-refractivity contribution >= 4 is 23.4 Å². The van der Waals surface area contributed by atoms with Crippen LogP contribution in [0.1, 0.15) is 15.9 Å². The molecule has 0 aliphatic carbocycles. The fraction of sp³-hybridized carbons (Fsp3) is 0.222. The van der Waals surface area contributed by atoms with Gasteiger partial charge in [-0.2, -0.15) is 0 Å². The van der Waals surface area contributed by atoms with E-state index >= 15 is 0 Å². The van der Waals surface area contributed by atoms with E-state index in [1.807, 2.05) is 0 Å². The summed E-state index contributed by atoms with van der Waals surface area (Å²) >= 11 is 5.96. The molecular weight excluding hydrogens is 366 g/mol. The summed E-state index contributed by atoms with van der Waals surface area (Å²) in [7, 11) is 3.05. The molecule has 0 radical (unpaired) electrons. The maximum absolute atomic E-state index is 13.6. The number of ether oxygens (including phenoxy) is 1. The first-order valence-electron chi connectivity index (χ1n) is 7.61. The first-order chi connectivity index (χ1) is 12.3. The van der Waals surface area contributed by atoms with Crippen molar-refractivity contribution in [3.63, 3.8) is 0 Å². The first kappa shape index (κ1) is 19.7. The molecule has 0 heterocycles. The van der Waals surface area contributed by atoms with Crippen LogP contribution in [0.25, 0.3) is 0 Å². The Morgan fingerprint density at radius 1 is 1.19 bits per heavy atom. The number of hydrogen-bond donors (Lipinski definition) is 1.